The summed E-state index contributed by atoms with van der Waals surface area (Å²) < 4.78 is 7.52. The third-order valence-corrected chi connectivity index (χ3v) is 3.17. The molecule has 2 aromatic rings. The third-order valence-electron chi connectivity index (χ3n) is 3.17. The van der Waals surface area contributed by atoms with E-state index < -0.39 is 0 Å². The lowest BCUT2D eigenvalue weighted by Gasteiger charge is -2.22. The molecule has 2 aromatic heterocycles. The van der Waals surface area contributed by atoms with E-state index in [1.54, 1.807) is 0 Å². The number of ether oxygens (including phenoxy) is 1. The Labute approximate surface area is 94.3 Å². The maximum Gasteiger partial charge on any atom is 0.159 e. The first kappa shape index (κ1) is 9.78. The van der Waals surface area contributed by atoms with Gasteiger partial charge in [0, 0.05) is 26.0 Å². The summed E-state index contributed by atoms with van der Waals surface area (Å²) in [6.07, 6.45) is 6.01. The topological polar surface area (TPSA) is 39.9 Å². The summed E-state index contributed by atoms with van der Waals surface area (Å²) in [5.74, 6) is 0.702. The summed E-state index contributed by atoms with van der Waals surface area (Å²) >= 11 is 0. The van der Waals surface area contributed by atoms with Crippen LogP contribution in [0.3, 0.4) is 0 Å². The molecule has 0 aliphatic carbocycles. The Morgan fingerprint density at radius 2 is 2.19 bits per heavy atom. The molecule has 0 amide bonds. The highest BCUT2D eigenvalue weighted by molar-refractivity contribution is 5.69. The van der Waals surface area contributed by atoms with Crippen LogP contribution in [-0.2, 0) is 11.3 Å². The fourth-order valence-corrected chi connectivity index (χ4v) is 2.24. The van der Waals surface area contributed by atoms with E-state index in [0.717, 1.165) is 43.8 Å². The SMILES string of the molecule is c1cnc2c(c1)ncn2CC1CCOCC1. The molecule has 0 spiro atoms. The standard InChI is InChI=1S/C12H15N3O/c1-2-11-12(13-5-1)15(9-14-11)8-10-3-6-16-7-4-10/h1-2,5,9-10H,3-4,6-8H2. The van der Waals surface area contributed by atoms with E-state index in [4.69, 9.17) is 4.74 Å². The monoisotopic (exact) mass is 217 g/mol. The number of pyridine rings is 1. The second kappa shape index (κ2) is 4.22. The first-order valence-corrected chi connectivity index (χ1v) is 5.77. The van der Waals surface area contributed by atoms with Gasteiger partial charge in [0.15, 0.2) is 5.65 Å². The van der Waals surface area contributed by atoms with Gasteiger partial charge < -0.3 is 9.30 Å². The van der Waals surface area contributed by atoms with E-state index in [2.05, 4.69) is 14.5 Å². The first-order valence-electron chi connectivity index (χ1n) is 5.77. The molecule has 4 nitrogen and oxygen atoms in total. The molecule has 1 aliphatic rings. The van der Waals surface area contributed by atoms with E-state index in [-0.39, 0.29) is 0 Å². The Balaban J connectivity index is 1.83. The average molecular weight is 217 g/mol. The largest absolute Gasteiger partial charge is 0.381 e. The molecule has 0 N–H and O–H groups in total. The molecule has 0 radical (unpaired) electrons. The Morgan fingerprint density at radius 3 is 3.06 bits per heavy atom. The predicted octanol–water partition coefficient (Wildman–Crippen LogP) is 1.86. The molecule has 4 heteroatoms. The van der Waals surface area contributed by atoms with Crippen LogP contribution in [-0.4, -0.2) is 27.7 Å². The minimum Gasteiger partial charge on any atom is -0.381 e. The van der Waals surface area contributed by atoms with Crippen molar-refractivity contribution in [1.29, 1.82) is 0 Å². The van der Waals surface area contributed by atoms with Crippen molar-refractivity contribution in [2.75, 3.05) is 13.2 Å². The van der Waals surface area contributed by atoms with Gasteiger partial charge in [0.25, 0.3) is 0 Å². The van der Waals surface area contributed by atoms with Gasteiger partial charge in [0.1, 0.15) is 5.52 Å². The number of aromatic nitrogens is 3. The molecule has 0 saturated carbocycles. The number of hydrogen-bond acceptors (Lipinski definition) is 3. The number of imidazole rings is 1. The number of hydrogen-bond donors (Lipinski definition) is 0. The molecular weight excluding hydrogens is 202 g/mol. The maximum atomic E-state index is 5.37. The van der Waals surface area contributed by atoms with E-state index >= 15 is 0 Å². The van der Waals surface area contributed by atoms with Crippen LogP contribution < -0.4 is 0 Å². The Bertz CT molecular complexity index is 474. The summed E-state index contributed by atoms with van der Waals surface area (Å²) in [4.78, 5) is 8.73. The van der Waals surface area contributed by atoms with Crippen molar-refractivity contribution in [2.24, 2.45) is 5.92 Å². The second-order valence-electron chi connectivity index (χ2n) is 4.30. The molecule has 0 aromatic carbocycles. The Hall–Kier alpha value is -1.42. The van der Waals surface area contributed by atoms with Crippen molar-refractivity contribution in [2.45, 2.75) is 19.4 Å². The summed E-state index contributed by atoms with van der Waals surface area (Å²) in [5, 5.41) is 0. The van der Waals surface area contributed by atoms with Gasteiger partial charge in [-0.1, -0.05) is 0 Å². The van der Waals surface area contributed by atoms with Gasteiger partial charge in [-0.15, -0.1) is 0 Å². The van der Waals surface area contributed by atoms with E-state index in [1.807, 2.05) is 24.7 Å². The highest BCUT2D eigenvalue weighted by Gasteiger charge is 2.15. The molecule has 1 aliphatic heterocycles. The molecule has 0 bridgehead atoms. The summed E-state index contributed by atoms with van der Waals surface area (Å²) in [7, 11) is 0. The Morgan fingerprint density at radius 1 is 1.31 bits per heavy atom. The lowest BCUT2D eigenvalue weighted by molar-refractivity contribution is 0.0615. The van der Waals surface area contributed by atoms with Crippen molar-refractivity contribution in [3.63, 3.8) is 0 Å². The number of nitrogens with zero attached hydrogens (tertiary/aromatic N) is 3. The van der Waals surface area contributed by atoms with Gasteiger partial charge >= 0.3 is 0 Å². The highest BCUT2D eigenvalue weighted by atomic mass is 16.5. The Kier molecular flexibility index (Phi) is 2.58. The number of fused-ring (bicyclic) bond motifs is 1. The van der Waals surface area contributed by atoms with Crippen molar-refractivity contribution in [3.8, 4) is 0 Å². The van der Waals surface area contributed by atoms with Crippen molar-refractivity contribution >= 4 is 11.2 Å². The molecular formula is C12H15N3O. The van der Waals surface area contributed by atoms with Crippen LogP contribution in [0.4, 0.5) is 0 Å². The van der Waals surface area contributed by atoms with Crippen LogP contribution >= 0.6 is 0 Å². The fourth-order valence-electron chi connectivity index (χ4n) is 2.24. The lowest BCUT2D eigenvalue weighted by Crippen LogP contribution is -2.20. The van der Waals surface area contributed by atoms with Crippen LogP contribution in [0.1, 0.15) is 12.8 Å². The van der Waals surface area contributed by atoms with E-state index in [9.17, 15) is 0 Å². The maximum absolute atomic E-state index is 5.37. The van der Waals surface area contributed by atoms with Gasteiger partial charge in [0.05, 0.1) is 6.33 Å². The highest BCUT2D eigenvalue weighted by Crippen LogP contribution is 2.19. The second-order valence-corrected chi connectivity index (χ2v) is 4.30. The molecule has 84 valence electrons. The van der Waals surface area contributed by atoms with E-state index in [1.165, 1.54) is 0 Å². The fraction of sp³-hybridized carbons (Fsp3) is 0.500. The average Bonchev–Trinajstić information content (AvgIpc) is 2.74. The zero-order valence-corrected chi connectivity index (χ0v) is 9.17. The zero-order chi connectivity index (χ0) is 10.8. The van der Waals surface area contributed by atoms with Crippen molar-refractivity contribution in [1.82, 2.24) is 14.5 Å². The van der Waals surface area contributed by atoms with Crippen molar-refractivity contribution in [3.05, 3.63) is 24.7 Å². The van der Waals surface area contributed by atoms with Gasteiger partial charge in [0.2, 0.25) is 0 Å². The van der Waals surface area contributed by atoms with Crippen LogP contribution in [0.5, 0.6) is 0 Å². The molecule has 3 heterocycles. The smallest absolute Gasteiger partial charge is 0.159 e. The first-order chi connectivity index (χ1) is 7.93. The van der Waals surface area contributed by atoms with Crippen LogP contribution in [0.25, 0.3) is 11.2 Å². The normalized spacial score (nSPS) is 18.0. The predicted molar refractivity (Wildman–Crippen MR) is 61.1 cm³/mol. The van der Waals surface area contributed by atoms with Crippen LogP contribution in [0.2, 0.25) is 0 Å². The van der Waals surface area contributed by atoms with Crippen LogP contribution in [0.15, 0.2) is 24.7 Å². The van der Waals surface area contributed by atoms with Gasteiger partial charge in [-0.05, 0) is 30.9 Å². The summed E-state index contributed by atoms with van der Waals surface area (Å²) in [6.45, 7) is 2.80. The minimum atomic E-state index is 0.702. The molecule has 0 atom stereocenters. The third kappa shape index (κ3) is 1.80. The summed E-state index contributed by atoms with van der Waals surface area (Å²) in [5.41, 5.74) is 1.98. The molecule has 16 heavy (non-hydrogen) atoms. The van der Waals surface area contributed by atoms with E-state index in [0.29, 0.717) is 5.92 Å². The number of rotatable bonds is 2. The van der Waals surface area contributed by atoms with Crippen LogP contribution in [0, 0.1) is 5.92 Å². The quantitative estimate of drug-likeness (QED) is 0.770. The van der Waals surface area contributed by atoms with Crippen molar-refractivity contribution < 1.29 is 4.74 Å². The molecule has 1 fully saturated rings. The molecule has 3 rings (SSSR count). The van der Waals surface area contributed by atoms with Gasteiger partial charge in [-0.2, -0.15) is 0 Å². The molecule has 1 saturated heterocycles. The minimum absolute atomic E-state index is 0.702. The van der Waals surface area contributed by atoms with Gasteiger partial charge in [-0.25, -0.2) is 9.97 Å². The zero-order valence-electron chi connectivity index (χ0n) is 9.17. The molecule has 0 unspecified atom stereocenters. The lowest BCUT2D eigenvalue weighted by atomic mass is 10.0. The van der Waals surface area contributed by atoms with Gasteiger partial charge in [-0.3, -0.25) is 0 Å². The summed E-state index contributed by atoms with van der Waals surface area (Å²) in [6, 6.07) is 3.93.